The first-order valence-electron chi connectivity index (χ1n) is 8.63. The largest absolute Gasteiger partial charge is 0.335 e. The molecule has 0 saturated carbocycles. The highest BCUT2D eigenvalue weighted by molar-refractivity contribution is 7.98. The van der Waals surface area contributed by atoms with E-state index < -0.39 is 0 Å². The van der Waals surface area contributed by atoms with E-state index in [2.05, 4.69) is 26.9 Å². The van der Waals surface area contributed by atoms with Gasteiger partial charge in [-0.1, -0.05) is 0 Å². The van der Waals surface area contributed by atoms with E-state index in [9.17, 15) is 4.79 Å². The van der Waals surface area contributed by atoms with Crippen molar-refractivity contribution in [2.45, 2.75) is 18.9 Å². The van der Waals surface area contributed by atoms with Crippen molar-refractivity contribution in [2.75, 3.05) is 37.0 Å². The van der Waals surface area contributed by atoms with Crippen molar-refractivity contribution < 1.29 is 4.79 Å². The summed E-state index contributed by atoms with van der Waals surface area (Å²) in [6, 6.07) is 9.66. The van der Waals surface area contributed by atoms with Crippen LogP contribution in [0.3, 0.4) is 0 Å². The summed E-state index contributed by atoms with van der Waals surface area (Å²) >= 11 is 1.88. The van der Waals surface area contributed by atoms with Crippen molar-refractivity contribution in [2.24, 2.45) is 0 Å². The van der Waals surface area contributed by atoms with E-state index >= 15 is 0 Å². The van der Waals surface area contributed by atoms with Gasteiger partial charge in [-0.15, -0.1) is 0 Å². The van der Waals surface area contributed by atoms with Gasteiger partial charge in [0.05, 0.1) is 5.69 Å². The Balaban J connectivity index is 1.44. The molecule has 0 atom stereocenters. The van der Waals surface area contributed by atoms with Crippen LogP contribution in [0.4, 0.5) is 10.5 Å². The molecule has 2 heterocycles. The molecule has 7 heteroatoms. The van der Waals surface area contributed by atoms with E-state index in [1.807, 2.05) is 48.3 Å². The monoisotopic (exact) mass is 359 g/mol. The molecule has 6 nitrogen and oxygen atoms in total. The Bertz CT molecular complexity index is 651. The van der Waals surface area contributed by atoms with E-state index in [0.29, 0.717) is 0 Å². The lowest BCUT2D eigenvalue weighted by atomic mass is 10.1. The van der Waals surface area contributed by atoms with Crippen LogP contribution in [0, 0.1) is 0 Å². The molecule has 2 aromatic rings. The second kappa shape index (κ2) is 8.92. The summed E-state index contributed by atoms with van der Waals surface area (Å²) in [5, 5.41) is 10.2. The van der Waals surface area contributed by atoms with E-state index in [4.69, 9.17) is 0 Å². The fourth-order valence-electron chi connectivity index (χ4n) is 2.99. The zero-order valence-corrected chi connectivity index (χ0v) is 15.3. The lowest BCUT2D eigenvalue weighted by Gasteiger charge is -2.32. The van der Waals surface area contributed by atoms with Crippen molar-refractivity contribution in [3.63, 3.8) is 0 Å². The summed E-state index contributed by atoms with van der Waals surface area (Å²) in [5.41, 5.74) is 1.75. The molecular weight excluding hydrogens is 334 g/mol. The maximum Gasteiger partial charge on any atom is 0.319 e. The predicted molar refractivity (Wildman–Crippen MR) is 104 cm³/mol. The average Bonchev–Trinajstić information content (AvgIpc) is 3.16. The Hall–Kier alpha value is -1.99. The average molecular weight is 359 g/mol. The van der Waals surface area contributed by atoms with Gasteiger partial charge < -0.3 is 15.5 Å². The summed E-state index contributed by atoms with van der Waals surface area (Å²) in [6.45, 7) is 3.26. The molecular formula is C18H25N5OS. The standard InChI is InChI=1S/C18H25N5OS/c1-25-14-13-22-11-7-16(8-12-22)21-18(24)20-15-3-5-17(6-4-15)23-10-2-9-19-23/h2-6,9-10,16H,7-8,11-14H2,1H3,(H2,20,21,24). The van der Waals surface area contributed by atoms with Crippen LogP contribution in [0.25, 0.3) is 5.69 Å². The molecule has 134 valence electrons. The van der Waals surface area contributed by atoms with Gasteiger partial charge in [0.2, 0.25) is 0 Å². The summed E-state index contributed by atoms with van der Waals surface area (Å²) in [5.74, 6) is 1.17. The zero-order valence-electron chi connectivity index (χ0n) is 14.5. The normalized spacial score (nSPS) is 15.9. The van der Waals surface area contributed by atoms with Crippen molar-refractivity contribution in [3.05, 3.63) is 42.7 Å². The third kappa shape index (κ3) is 5.24. The van der Waals surface area contributed by atoms with Gasteiger partial charge in [0.1, 0.15) is 0 Å². The van der Waals surface area contributed by atoms with E-state index in [1.165, 1.54) is 5.75 Å². The highest BCUT2D eigenvalue weighted by Crippen LogP contribution is 2.14. The summed E-state index contributed by atoms with van der Waals surface area (Å²) in [4.78, 5) is 14.7. The van der Waals surface area contributed by atoms with Crippen LogP contribution in [0.15, 0.2) is 42.7 Å². The molecule has 1 aromatic carbocycles. The minimum Gasteiger partial charge on any atom is -0.335 e. The minimum absolute atomic E-state index is 0.130. The van der Waals surface area contributed by atoms with Gasteiger partial charge >= 0.3 is 6.03 Å². The molecule has 1 aliphatic rings. The Morgan fingerprint density at radius 3 is 2.68 bits per heavy atom. The smallest absolute Gasteiger partial charge is 0.319 e. The Morgan fingerprint density at radius 2 is 2.04 bits per heavy atom. The SMILES string of the molecule is CSCCN1CCC(NC(=O)Nc2ccc(-n3cccn3)cc2)CC1. The number of anilines is 1. The maximum atomic E-state index is 12.2. The summed E-state index contributed by atoms with van der Waals surface area (Å²) < 4.78 is 1.79. The number of piperidine rings is 1. The van der Waals surface area contributed by atoms with Gasteiger partial charge in [0.15, 0.2) is 0 Å². The third-order valence-corrected chi connectivity index (χ3v) is 5.02. The second-order valence-electron chi connectivity index (χ2n) is 6.20. The number of carbonyl (C=O) groups is 1. The number of carbonyl (C=O) groups excluding carboxylic acids is 1. The molecule has 0 bridgehead atoms. The second-order valence-corrected chi connectivity index (χ2v) is 7.19. The van der Waals surface area contributed by atoms with Crippen LogP contribution in [-0.2, 0) is 0 Å². The van der Waals surface area contributed by atoms with E-state index in [0.717, 1.165) is 43.9 Å². The van der Waals surface area contributed by atoms with Crippen LogP contribution in [0.2, 0.25) is 0 Å². The number of benzene rings is 1. The molecule has 1 aliphatic heterocycles. The van der Waals surface area contributed by atoms with Crippen LogP contribution in [0.5, 0.6) is 0 Å². The lowest BCUT2D eigenvalue weighted by molar-refractivity contribution is 0.204. The van der Waals surface area contributed by atoms with Gasteiger partial charge in [0, 0.05) is 49.5 Å². The van der Waals surface area contributed by atoms with Crippen molar-refractivity contribution in [1.82, 2.24) is 20.0 Å². The first-order valence-corrected chi connectivity index (χ1v) is 10.0. The Labute approximate surface area is 153 Å². The first kappa shape index (κ1) is 17.8. The number of urea groups is 1. The summed E-state index contributed by atoms with van der Waals surface area (Å²) in [6.07, 6.45) is 7.80. The fourth-order valence-corrected chi connectivity index (χ4v) is 3.43. The van der Waals surface area contributed by atoms with Crippen molar-refractivity contribution in [1.29, 1.82) is 0 Å². The number of likely N-dealkylation sites (tertiary alicyclic amines) is 1. The van der Waals surface area contributed by atoms with Crippen LogP contribution < -0.4 is 10.6 Å². The number of aromatic nitrogens is 2. The first-order chi connectivity index (χ1) is 12.2. The molecule has 1 fully saturated rings. The van der Waals surface area contributed by atoms with Gasteiger partial charge in [-0.2, -0.15) is 16.9 Å². The Morgan fingerprint density at radius 1 is 1.28 bits per heavy atom. The quantitative estimate of drug-likeness (QED) is 0.833. The molecule has 0 unspecified atom stereocenters. The van der Waals surface area contributed by atoms with Crippen LogP contribution in [0.1, 0.15) is 12.8 Å². The number of hydrogen-bond donors (Lipinski definition) is 2. The number of nitrogens with one attached hydrogen (secondary N) is 2. The topological polar surface area (TPSA) is 62.2 Å². The maximum absolute atomic E-state index is 12.2. The van der Waals surface area contributed by atoms with E-state index in [-0.39, 0.29) is 12.1 Å². The van der Waals surface area contributed by atoms with Gasteiger partial charge in [0.25, 0.3) is 0 Å². The number of thioether (sulfide) groups is 1. The number of rotatable bonds is 6. The van der Waals surface area contributed by atoms with Crippen LogP contribution in [-0.4, -0.2) is 58.4 Å². The molecule has 1 saturated heterocycles. The van der Waals surface area contributed by atoms with E-state index in [1.54, 1.807) is 10.9 Å². The molecule has 25 heavy (non-hydrogen) atoms. The lowest BCUT2D eigenvalue weighted by Crippen LogP contribution is -2.46. The molecule has 2 amide bonds. The number of amides is 2. The van der Waals surface area contributed by atoms with Crippen molar-refractivity contribution >= 4 is 23.5 Å². The molecule has 1 aromatic heterocycles. The van der Waals surface area contributed by atoms with Crippen LogP contribution >= 0.6 is 11.8 Å². The molecule has 0 spiro atoms. The predicted octanol–water partition coefficient (Wildman–Crippen LogP) is 2.82. The Kier molecular flexibility index (Phi) is 6.36. The zero-order chi connectivity index (χ0) is 17.5. The van der Waals surface area contributed by atoms with Gasteiger partial charge in [-0.3, -0.25) is 0 Å². The highest BCUT2D eigenvalue weighted by Gasteiger charge is 2.20. The third-order valence-electron chi connectivity index (χ3n) is 4.43. The fraction of sp³-hybridized carbons (Fsp3) is 0.444. The van der Waals surface area contributed by atoms with Crippen molar-refractivity contribution in [3.8, 4) is 5.69 Å². The molecule has 0 aliphatic carbocycles. The molecule has 2 N–H and O–H groups in total. The minimum atomic E-state index is -0.130. The molecule has 3 rings (SSSR count). The van der Waals surface area contributed by atoms with Gasteiger partial charge in [-0.05, 0) is 49.4 Å². The molecule has 0 radical (unpaired) electrons. The van der Waals surface area contributed by atoms with Gasteiger partial charge in [-0.25, -0.2) is 9.48 Å². The summed E-state index contributed by atoms with van der Waals surface area (Å²) in [7, 11) is 0. The highest BCUT2D eigenvalue weighted by atomic mass is 32.2. The number of nitrogens with zero attached hydrogens (tertiary/aromatic N) is 3. The number of hydrogen-bond acceptors (Lipinski definition) is 4.